The molecule has 4 aromatic rings. The van der Waals surface area contributed by atoms with Crippen LogP contribution in [0.5, 0.6) is 0 Å². The van der Waals surface area contributed by atoms with Gasteiger partial charge in [0.2, 0.25) is 0 Å². The highest BCUT2D eigenvalue weighted by atomic mass is 15.1. The zero-order valence-electron chi connectivity index (χ0n) is 11.7. The number of aromatic amines is 1. The van der Waals surface area contributed by atoms with Crippen molar-refractivity contribution in [1.82, 2.24) is 14.8 Å². The molecule has 0 bridgehead atoms. The Hall–Kier alpha value is -2.81. The highest BCUT2D eigenvalue weighted by molar-refractivity contribution is 5.80. The molecule has 0 aliphatic rings. The van der Waals surface area contributed by atoms with Crippen molar-refractivity contribution in [3.8, 4) is 16.9 Å². The third-order valence-corrected chi connectivity index (χ3v) is 3.73. The highest BCUT2D eigenvalue weighted by Crippen LogP contribution is 2.25. The number of fused-ring (bicyclic) bond motifs is 1. The lowest BCUT2D eigenvalue weighted by molar-refractivity contribution is 1.08. The Bertz CT molecular complexity index is 898. The lowest BCUT2D eigenvalue weighted by Gasteiger charge is -2.10. The summed E-state index contributed by atoms with van der Waals surface area (Å²) in [6.07, 6.45) is 3.80. The quantitative estimate of drug-likeness (QED) is 0.585. The van der Waals surface area contributed by atoms with E-state index in [4.69, 9.17) is 0 Å². The largest absolute Gasteiger partial charge is 0.316 e. The Balaban J connectivity index is 1.85. The van der Waals surface area contributed by atoms with E-state index in [9.17, 15) is 0 Å². The van der Waals surface area contributed by atoms with Crippen molar-refractivity contribution in [2.45, 2.75) is 6.92 Å². The average molecular weight is 272 g/mol. The number of benzene rings is 2. The molecule has 0 aliphatic carbocycles. The van der Waals surface area contributed by atoms with Crippen molar-refractivity contribution < 1.29 is 0 Å². The van der Waals surface area contributed by atoms with Crippen molar-refractivity contribution in [2.75, 3.05) is 0 Å². The standard InChI is InChI=1S/C18H14N3/c1-13-4-6-14(7-5-13)18-3-2-10-21(18)16-9-8-15-12-19-20-17(15)11-16/h3-12H,1H3,(H,19,20). The van der Waals surface area contributed by atoms with E-state index in [2.05, 4.69) is 70.2 Å². The smallest absolute Gasteiger partial charge is 0.0671 e. The molecule has 0 fully saturated rings. The SMILES string of the molecule is Cc1ccc(-c2c[c]cn2-c2ccc3cn[nH]c3c2)cc1. The molecule has 0 unspecified atom stereocenters. The van der Waals surface area contributed by atoms with Crippen molar-refractivity contribution >= 4 is 10.9 Å². The van der Waals surface area contributed by atoms with Gasteiger partial charge in [-0.3, -0.25) is 5.10 Å². The first-order valence-electron chi connectivity index (χ1n) is 6.90. The monoisotopic (exact) mass is 272 g/mol. The van der Waals surface area contributed by atoms with Gasteiger partial charge in [-0.15, -0.1) is 0 Å². The third kappa shape index (κ3) is 2.03. The summed E-state index contributed by atoms with van der Waals surface area (Å²) in [5.74, 6) is 0. The number of hydrogen-bond acceptors (Lipinski definition) is 1. The van der Waals surface area contributed by atoms with Crippen molar-refractivity contribution in [2.24, 2.45) is 0 Å². The van der Waals surface area contributed by atoms with Gasteiger partial charge in [0.15, 0.2) is 0 Å². The van der Waals surface area contributed by atoms with Gasteiger partial charge in [-0.2, -0.15) is 5.10 Å². The highest BCUT2D eigenvalue weighted by Gasteiger charge is 2.07. The summed E-state index contributed by atoms with van der Waals surface area (Å²) in [6, 6.07) is 20.0. The van der Waals surface area contributed by atoms with Crippen LogP contribution < -0.4 is 0 Å². The first-order chi connectivity index (χ1) is 10.3. The van der Waals surface area contributed by atoms with E-state index < -0.39 is 0 Å². The molecule has 2 aromatic carbocycles. The summed E-state index contributed by atoms with van der Waals surface area (Å²) in [4.78, 5) is 0. The van der Waals surface area contributed by atoms with Gasteiger partial charge in [-0.05, 0) is 36.8 Å². The molecular formula is C18H14N3. The minimum atomic E-state index is 1.04. The molecule has 21 heavy (non-hydrogen) atoms. The lowest BCUT2D eigenvalue weighted by Crippen LogP contribution is -1.95. The Kier molecular flexibility index (Phi) is 2.64. The van der Waals surface area contributed by atoms with E-state index in [1.165, 1.54) is 11.1 Å². The van der Waals surface area contributed by atoms with Crippen molar-refractivity contribution in [3.63, 3.8) is 0 Å². The van der Waals surface area contributed by atoms with Crippen LogP contribution in [0.25, 0.3) is 27.8 Å². The average Bonchev–Trinajstić information content (AvgIpc) is 3.16. The van der Waals surface area contributed by atoms with Gasteiger partial charge >= 0.3 is 0 Å². The molecule has 0 atom stereocenters. The number of aromatic nitrogens is 3. The molecule has 1 radical (unpaired) electrons. The van der Waals surface area contributed by atoms with E-state index >= 15 is 0 Å². The second kappa shape index (κ2) is 4.63. The summed E-state index contributed by atoms with van der Waals surface area (Å²) in [5.41, 5.74) is 5.72. The number of H-pyrrole nitrogens is 1. The fourth-order valence-electron chi connectivity index (χ4n) is 2.57. The maximum atomic E-state index is 4.07. The van der Waals surface area contributed by atoms with Crippen LogP contribution >= 0.6 is 0 Å². The van der Waals surface area contributed by atoms with E-state index in [1.807, 2.05) is 18.5 Å². The number of rotatable bonds is 2. The zero-order valence-corrected chi connectivity index (χ0v) is 11.7. The molecule has 2 aromatic heterocycles. The molecule has 0 saturated heterocycles. The molecule has 0 aliphatic heterocycles. The maximum Gasteiger partial charge on any atom is 0.0671 e. The van der Waals surface area contributed by atoms with Gasteiger partial charge in [0.25, 0.3) is 0 Å². The normalized spacial score (nSPS) is 11.1. The van der Waals surface area contributed by atoms with E-state index in [1.54, 1.807) is 0 Å². The zero-order chi connectivity index (χ0) is 14.2. The first kappa shape index (κ1) is 12.0. The summed E-state index contributed by atoms with van der Waals surface area (Å²) >= 11 is 0. The minimum absolute atomic E-state index is 1.04. The first-order valence-corrected chi connectivity index (χ1v) is 6.90. The molecule has 0 spiro atoms. The van der Waals surface area contributed by atoms with Crippen LogP contribution in [0.4, 0.5) is 0 Å². The summed E-state index contributed by atoms with van der Waals surface area (Å²) < 4.78 is 2.14. The van der Waals surface area contributed by atoms with E-state index in [0.29, 0.717) is 0 Å². The van der Waals surface area contributed by atoms with Gasteiger partial charge in [0.05, 0.1) is 17.4 Å². The van der Waals surface area contributed by atoms with Crippen molar-refractivity contribution in [1.29, 1.82) is 0 Å². The Labute approximate surface area is 122 Å². The summed E-state index contributed by atoms with van der Waals surface area (Å²) in [6.45, 7) is 2.10. The van der Waals surface area contributed by atoms with Gasteiger partial charge in [0, 0.05) is 23.3 Å². The van der Waals surface area contributed by atoms with Gasteiger partial charge in [0.1, 0.15) is 0 Å². The number of aryl methyl sites for hydroxylation is 1. The molecule has 0 amide bonds. The van der Waals surface area contributed by atoms with Gasteiger partial charge in [-0.25, -0.2) is 0 Å². The number of nitrogens with zero attached hydrogens (tertiary/aromatic N) is 2. The fraction of sp³-hybridized carbons (Fsp3) is 0.0556. The van der Waals surface area contributed by atoms with Crippen LogP contribution in [-0.2, 0) is 0 Å². The van der Waals surface area contributed by atoms with Crippen LogP contribution in [0.15, 0.2) is 60.9 Å². The molecule has 3 nitrogen and oxygen atoms in total. The van der Waals surface area contributed by atoms with Crippen molar-refractivity contribution in [3.05, 3.63) is 72.6 Å². The van der Waals surface area contributed by atoms with Gasteiger partial charge in [-0.1, -0.05) is 29.8 Å². The lowest BCUT2D eigenvalue weighted by atomic mass is 10.1. The summed E-state index contributed by atoms with van der Waals surface area (Å²) in [7, 11) is 0. The predicted molar refractivity (Wildman–Crippen MR) is 84.4 cm³/mol. The molecule has 4 rings (SSSR count). The van der Waals surface area contributed by atoms with Crippen LogP contribution in [0.3, 0.4) is 0 Å². The van der Waals surface area contributed by atoms with E-state index in [0.717, 1.165) is 22.3 Å². The van der Waals surface area contributed by atoms with Crippen LogP contribution in [0.2, 0.25) is 0 Å². The predicted octanol–water partition coefficient (Wildman–Crippen LogP) is 4.13. The minimum Gasteiger partial charge on any atom is -0.316 e. The third-order valence-electron chi connectivity index (χ3n) is 3.73. The molecule has 0 saturated carbocycles. The second-order valence-corrected chi connectivity index (χ2v) is 5.20. The van der Waals surface area contributed by atoms with Gasteiger partial charge < -0.3 is 4.57 Å². The summed E-state index contributed by atoms with van der Waals surface area (Å²) in [5, 5.41) is 8.20. The Morgan fingerprint density at radius 3 is 2.81 bits per heavy atom. The number of hydrogen-bond donors (Lipinski definition) is 1. The Morgan fingerprint density at radius 1 is 1.10 bits per heavy atom. The molecule has 3 heteroatoms. The number of nitrogens with one attached hydrogen (secondary N) is 1. The van der Waals surface area contributed by atoms with Crippen LogP contribution in [-0.4, -0.2) is 14.8 Å². The topological polar surface area (TPSA) is 33.6 Å². The van der Waals surface area contributed by atoms with Crippen LogP contribution in [0.1, 0.15) is 5.56 Å². The second-order valence-electron chi connectivity index (χ2n) is 5.20. The molecule has 101 valence electrons. The van der Waals surface area contributed by atoms with E-state index in [-0.39, 0.29) is 0 Å². The Morgan fingerprint density at radius 2 is 1.95 bits per heavy atom. The molecular weight excluding hydrogens is 258 g/mol. The maximum absolute atomic E-state index is 4.07. The fourth-order valence-corrected chi connectivity index (χ4v) is 2.57. The van der Waals surface area contributed by atoms with Crippen LogP contribution in [0, 0.1) is 13.0 Å². The molecule has 1 N–H and O–H groups in total. The molecule has 2 heterocycles.